The minimum atomic E-state index is -2.89. The van der Waals surface area contributed by atoms with Crippen LogP contribution in [0.4, 0.5) is 0 Å². The average Bonchev–Trinajstić information content (AvgIpc) is 2.26. The first-order valence-corrected chi connectivity index (χ1v) is 8.94. The summed E-state index contributed by atoms with van der Waals surface area (Å²) in [5, 5.41) is 4.11. The molecule has 5 heteroatoms. The van der Waals surface area contributed by atoms with Crippen LogP contribution in [-0.2, 0) is 9.84 Å². The summed E-state index contributed by atoms with van der Waals surface area (Å²) in [6, 6.07) is 6.10. The summed E-state index contributed by atoms with van der Waals surface area (Å²) in [4.78, 5) is 0. The van der Waals surface area contributed by atoms with Crippen molar-refractivity contribution in [2.75, 3.05) is 18.6 Å². The first kappa shape index (κ1) is 16.5. The van der Waals surface area contributed by atoms with Crippen molar-refractivity contribution in [1.82, 2.24) is 5.32 Å². The second kappa shape index (κ2) is 7.27. The zero-order chi connectivity index (χ0) is 14.5. The molecule has 0 fully saturated rings. The van der Waals surface area contributed by atoms with Gasteiger partial charge < -0.3 is 5.32 Å². The molecule has 1 rings (SSSR count). The van der Waals surface area contributed by atoms with Crippen LogP contribution in [0, 0.1) is 6.92 Å². The highest BCUT2D eigenvalue weighted by molar-refractivity contribution is 7.90. The van der Waals surface area contributed by atoms with Gasteiger partial charge in [0.05, 0.1) is 0 Å². The van der Waals surface area contributed by atoms with Crippen LogP contribution in [0.15, 0.2) is 18.2 Å². The maximum atomic E-state index is 11.2. The highest BCUT2D eigenvalue weighted by atomic mass is 35.5. The van der Waals surface area contributed by atoms with Gasteiger partial charge in [-0.05, 0) is 43.5 Å². The summed E-state index contributed by atoms with van der Waals surface area (Å²) >= 11 is 6.27. The van der Waals surface area contributed by atoms with Crippen molar-refractivity contribution in [3.63, 3.8) is 0 Å². The molecule has 1 atom stereocenters. The lowest BCUT2D eigenvalue weighted by Crippen LogP contribution is -2.22. The van der Waals surface area contributed by atoms with E-state index in [1.54, 1.807) is 0 Å². The largest absolute Gasteiger partial charge is 0.310 e. The Morgan fingerprint density at radius 1 is 1.37 bits per heavy atom. The van der Waals surface area contributed by atoms with Crippen molar-refractivity contribution in [3.05, 3.63) is 34.3 Å². The summed E-state index contributed by atoms with van der Waals surface area (Å²) in [5.74, 6) is 0.221. The van der Waals surface area contributed by atoms with Crippen molar-refractivity contribution >= 4 is 21.4 Å². The summed E-state index contributed by atoms with van der Waals surface area (Å²) in [6.07, 6.45) is 2.68. The fraction of sp³-hybridized carbons (Fsp3) is 0.571. The summed E-state index contributed by atoms with van der Waals surface area (Å²) in [7, 11) is -2.89. The Hall–Kier alpha value is -0.580. The van der Waals surface area contributed by atoms with E-state index in [1.807, 2.05) is 32.0 Å². The van der Waals surface area contributed by atoms with E-state index in [0.29, 0.717) is 6.42 Å². The maximum Gasteiger partial charge on any atom is 0.147 e. The normalized spacial score (nSPS) is 13.5. The standard InChI is InChI=1S/C14H22ClNO2S/c1-4-16-14(6-5-9-19(3,17)18)12-8-7-11(2)10-13(12)15/h7-8,10,14,16H,4-6,9H2,1-3H3. The molecule has 0 amide bonds. The third kappa shape index (κ3) is 5.93. The molecule has 0 radical (unpaired) electrons. The van der Waals surface area contributed by atoms with Crippen molar-refractivity contribution in [1.29, 1.82) is 0 Å². The van der Waals surface area contributed by atoms with Crippen molar-refractivity contribution in [3.8, 4) is 0 Å². The van der Waals surface area contributed by atoms with Crippen LogP contribution in [0.2, 0.25) is 5.02 Å². The zero-order valence-electron chi connectivity index (χ0n) is 11.7. The Kier molecular flexibility index (Phi) is 6.30. The number of sulfone groups is 1. The topological polar surface area (TPSA) is 46.2 Å². The van der Waals surface area contributed by atoms with E-state index in [0.717, 1.165) is 29.1 Å². The Bertz CT molecular complexity index is 514. The number of benzene rings is 1. The number of hydrogen-bond donors (Lipinski definition) is 1. The van der Waals surface area contributed by atoms with Gasteiger partial charge in [-0.2, -0.15) is 0 Å². The molecule has 0 aliphatic carbocycles. The third-order valence-corrected chi connectivity index (χ3v) is 4.35. The average molecular weight is 304 g/mol. The molecule has 0 spiro atoms. The molecule has 3 nitrogen and oxygen atoms in total. The van der Waals surface area contributed by atoms with Crippen LogP contribution in [0.5, 0.6) is 0 Å². The Morgan fingerprint density at radius 3 is 2.58 bits per heavy atom. The first-order valence-electron chi connectivity index (χ1n) is 6.50. The molecule has 0 aliphatic rings. The molecular formula is C14H22ClNO2S. The maximum absolute atomic E-state index is 11.2. The predicted molar refractivity (Wildman–Crippen MR) is 81.6 cm³/mol. The van der Waals surface area contributed by atoms with Gasteiger partial charge in [0.2, 0.25) is 0 Å². The Labute approximate surface area is 121 Å². The monoisotopic (exact) mass is 303 g/mol. The zero-order valence-corrected chi connectivity index (χ0v) is 13.3. The van der Waals surface area contributed by atoms with Crippen LogP contribution in [-0.4, -0.2) is 27.0 Å². The quantitative estimate of drug-likeness (QED) is 0.842. The van der Waals surface area contributed by atoms with E-state index >= 15 is 0 Å². The van der Waals surface area contributed by atoms with Gasteiger partial charge in [-0.25, -0.2) is 8.42 Å². The number of rotatable bonds is 7. The van der Waals surface area contributed by atoms with E-state index < -0.39 is 9.84 Å². The molecule has 0 saturated heterocycles. The molecule has 1 unspecified atom stereocenters. The highest BCUT2D eigenvalue weighted by Gasteiger charge is 2.14. The summed E-state index contributed by atoms with van der Waals surface area (Å²) < 4.78 is 22.3. The molecule has 1 N–H and O–H groups in total. The van der Waals surface area contributed by atoms with Gasteiger partial charge in [-0.1, -0.05) is 30.7 Å². The molecule has 1 aromatic carbocycles. The minimum Gasteiger partial charge on any atom is -0.310 e. The van der Waals surface area contributed by atoms with Gasteiger partial charge >= 0.3 is 0 Å². The van der Waals surface area contributed by atoms with Crippen molar-refractivity contribution in [2.45, 2.75) is 32.7 Å². The molecule has 19 heavy (non-hydrogen) atoms. The molecule has 0 saturated carbocycles. The number of nitrogens with one attached hydrogen (secondary N) is 1. The second-order valence-electron chi connectivity index (χ2n) is 4.91. The smallest absolute Gasteiger partial charge is 0.147 e. The second-order valence-corrected chi connectivity index (χ2v) is 7.57. The predicted octanol–water partition coefficient (Wildman–Crippen LogP) is 3.12. The molecule has 108 valence electrons. The van der Waals surface area contributed by atoms with Gasteiger partial charge in [0, 0.05) is 23.1 Å². The molecule has 0 aromatic heterocycles. The van der Waals surface area contributed by atoms with Crippen LogP contribution >= 0.6 is 11.6 Å². The van der Waals surface area contributed by atoms with Gasteiger partial charge in [-0.3, -0.25) is 0 Å². The van der Waals surface area contributed by atoms with Gasteiger partial charge in [-0.15, -0.1) is 0 Å². The molecule has 0 aliphatic heterocycles. The lowest BCUT2D eigenvalue weighted by atomic mass is 10.0. The number of aryl methyl sites for hydroxylation is 1. The van der Waals surface area contributed by atoms with Crippen molar-refractivity contribution < 1.29 is 8.42 Å². The SMILES string of the molecule is CCNC(CCCS(C)(=O)=O)c1ccc(C)cc1Cl. The van der Waals surface area contributed by atoms with Gasteiger partial charge in [0.25, 0.3) is 0 Å². The van der Waals surface area contributed by atoms with E-state index in [1.165, 1.54) is 6.26 Å². The molecule has 1 aromatic rings. The lowest BCUT2D eigenvalue weighted by molar-refractivity contribution is 0.507. The van der Waals surface area contributed by atoms with Crippen LogP contribution in [0.3, 0.4) is 0 Å². The van der Waals surface area contributed by atoms with E-state index in [2.05, 4.69) is 5.32 Å². The fourth-order valence-electron chi connectivity index (χ4n) is 2.08. The molecular weight excluding hydrogens is 282 g/mol. The van der Waals surface area contributed by atoms with Crippen molar-refractivity contribution in [2.24, 2.45) is 0 Å². The van der Waals surface area contributed by atoms with E-state index in [9.17, 15) is 8.42 Å². The van der Waals surface area contributed by atoms with Crippen LogP contribution < -0.4 is 5.32 Å². The molecule has 0 bridgehead atoms. The van der Waals surface area contributed by atoms with Crippen LogP contribution in [0.1, 0.15) is 36.9 Å². The molecule has 0 heterocycles. The fourth-order valence-corrected chi connectivity index (χ4v) is 3.14. The number of hydrogen-bond acceptors (Lipinski definition) is 3. The van der Waals surface area contributed by atoms with E-state index in [4.69, 9.17) is 11.6 Å². The Morgan fingerprint density at radius 2 is 2.05 bits per heavy atom. The highest BCUT2D eigenvalue weighted by Crippen LogP contribution is 2.27. The summed E-state index contributed by atoms with van der Waals surface area (Å²) in [5.41, 5.74) is 2.17. The lowest BCUT2D eigenvalue weighted by Gasteiger charge is -2.19. The summed E-state index contributed by atoms with van der Waals surface area (Å²) in [6.45, 7) is 4.86. The van der Waals surface area contributed by atoms with Gasteiger partial charge in [0.1, 0.15) is 9.84 Å². The number of halogens is 1. The third-order valence-electron chi connectivity index (χ3n) is 2.99. The Balaban J connectivity index is 2.76. The van der Waals surface area contributed by atoms with Gasteiger partial charge in [0.15, 0.2) is 0 Å². The first-order chi connectivity index (χ1) is 8.83. The van der Waals surface area contributed by atoms with Crippen LogP contribution in [0.25, 0.3) is 0 Å². The van der Waals surface area contributed by atoms with E-state index in [-0.39, 0.29) is 11.8 Å². The minimum absolute atomic E-state index is 0.111.